The molecule has 0 spiro atoms. The maximum atomic E-state index is 14.1. The maximum Gasteiger partial charge on any atom is 0.220 e. The molecule has 0 amide bonds. The molecule has 4 rings (SSSR count). The van der Waals surface area contributed by atoms with Gasteiger partial charge in [0.1, 0.15) is 11.8 Å². The molecule has 4 heterocycles. The molecule has 2 saturated heterocycles. The molecule has 110 valence electrons. The Labute approximate surface area is 128 Å². The summed E-state index contributed by atoms with van der Waals surface area (Å²) < 4.78 is 14.1. The molecule has 4 nitrogen and oxygen atoms in total. The molecule has 0 aromatic carbocycles. The van der Waals surface area contributed by atoms with Crippen molar-refractivity contribution >= 4 is 0 Å². The van der Waals surface area contributed by atoms with Crippen LogP contribution in [0.25, 0.3) is 11.1 Å². The zero-order chi connectivity index (χ0) is 15.1. The third kappa shape index (κ3) is 2.16. The molecule has 0 radical (unpaired) electrons. The number of nitrogens with zero attached hydrogens (tertiary/aromatic N) is 3. The van der Waals surface area contributed by atoms with Gasteiger partial charge >= 0.3 is 0 Å². The lowest BCUT2D eigenvalue weighted by Crippen LogP contribution is -2.21. The summed E-state index contributed by atoms with van der Waals surface area (Å²) in [5.74, 6) is -0.0803. The highest BCUT2D eigenvalue weighted by Gasteiger charge is 2.39. The van der Waals surface area contributed by atoms with Crippen molar-refractivity contribution in [2.24, 2.45) is 0 Å². The minimum atomic E-state index is -0.494. The molecular formula is C17H15FN4. The molecule has 0 unspecified atom stereocenters. The Bertz CT molecular complexity index is 750. The van der Waals surface area contributed by atoms with Gasteiger partial charge in [0.05, 0.1) is 0 Å². The average Bonchev–Trinajstić information content (AvgIpc) is 3.19. The second-order valence-corrected chi connectivity index (χ2v) is 6.04. The van der Waals surface area contributed by atoms with Crippen molar-refractivity contribution in [2.45, 2.75) is 37.3 Å². The average molecular weight is 294 g/mol. The van der Waals surface area contributed by atoms with Gasteiger partial charge in [-0.1, -0.05) is 0 Å². The summed E-state index contributed by atoms with van der Waals surface area (Å²) in [5.41, 5.74) is 2.52. The fourth-order valence-corrected chi connectivity index (χ4v) is 3.68. The number of halogens is 1. The van der Waals surface area contributed by atoms with Gasteiger partial charge in [0.25, 0.3) is 0 Å². The van der Waals surface area contributed by atoms with Crippen LogP contribution in [0.1, 0.15) is 36.4 Å². The van der Waals surface area contributed by atoms with E-state index in [1.54, 1.807) is 18.3 Å². The lowest BCUT2D eigenvalue weighted by molar-refractivity contribution is 0.502. The van der Waals surface area contributed by atoms with E-state index in [1.807, 2.05) is 12.1 Å². The first-order valence-electron chi connectivity index (χ1n) is 7.52. The number of aromatic nitrogens is 2. The highest BCUT2D eigenvalue weighted by molar-refractivity contribution is 5.63. The van der Waals surface area contributed by atoms with Crippen LogP contribution in [-0.2, 0) is 0 Å². The van der Waals surface area contributed by atoms with Crippen molar-refractivity contribution in [3.8, 4) is 17.2 Å². The Morgan fingerprint density at radius 3 is 2.77 bits per heavy atom. The van der Waals surface area contributed by atoms with Gasteiger partial charge in [-0.15, -0.1) is 0 Å². The van der Waals surface area contributed by atoms with E-state index in [4.69, 9.17) is 5.26 Å². The van der Waals surface area contributed by atoms with Gasteiger partial charge in [-0.3, -0.25) is 0 Å². The first kappa shape index (κ1) is 13.4. The highest BCUT2D eigenvalue weighted by Crippen LogP contribution is 2.40. The van der Waals surface area contributed by atoms with Crippen LogP contribution in [0.5, 0.6) is 0 Å². The molecule has 22 heavy (non-hydrogen) atoms. The minimum absolute atomic E-state index is 0.325. The van der Waals surface area contributed by atoms with Crippen molar-refractivity contribution in [3.05, 3.63) is 47.8 Å². The van der Waals surface area contributed by atoms with Crippen LogP contribution in [0.2, 0.25) is 0 Å². The molecule has 3 atom stereocenters. The van der Waals surface area contributed by atoms with Crippen molar-refractivity contribution in [1.82, 2.24) is 15.3 Å². The molecule has 2 bridgehead atoms. The normalized spacial score (nSPS) is 26.1. The number of hydrogen-bond donors (Lipinski definition) is 1. The third-order valence-corrected chi connectivity index (χ3v) is 4.78. The van der Waals surface area contributed by atoms with E-state index in [1.165, 1.54) is 19.0 Å². The Morgan fingerprint density at radius 2 is 2.14 bits per heavy atom. The van der Waals surface area contributed by atoms with Crippen LogP contribution in [0, 0.1) is 17.3 Å². The van der Waals surface area contributed by atoms with Crippen LogP contribution in [-0.4, -0.2) is 22.1 Å². The van der Waals surface area contributed by atoms with Crippen LogP contribution in [0.3, 0.4) is 0 Å². The number of hydrogen-bond acceptors (Lipinski definition) is 4. The van der Waals surface area contributed by atoms with Crippen molar-refractivity contribution in [3.63, 3.8) is 0 Å². The van der Waals surface area contributed by atoms with E-state index in [0.29, 0.717) is 34.8 Å². The predicted octanol–water partition coefficient (Wildman–Crippen LogP) is 2.76. The lowest BCUT2D eigenvalue weighted by atomic mass is 9.84. The molecule has 2 aliphatic heterocycles. The molecule has 0 saturated carbocycles. The first-order chi connectivity index (χ1) is 10.7. The molecule has 0 aliphatic carbocycles. The fraction of sp³-hybridized carbons (Fsp3) is 0.353. The zero-order valence-electron chi connectivity index (χ0n) is 12.0. The van der Waals surface area contributed by atoms with E-state index in [2.05, 4.69) is 15.3 Å². The SMILES string of the molecule is N#Cc1ccc(-c2cc([C@@H]3C[C@H]4CC[C@@H]3N4)cnc2F)cn1. The molecule has 5 heteroatoms. The molecule has 2 fully saturated rings. The van der Waals surface area contributed by atoms with E-state index in [9.17, 15) is 4.39 Å². The number of nitriles is 1. The van der Waals surface area contributed by atoms with Gasteiger partial charge in [-0.05, 0) is 43.0 Å². The third-order valence-electron chi connectivity index (χ3n) is 4.78. The summed E-state index contributed by atoms with van der Waals surface area (Å²) in [7, 11) is 0. The Hall–Kier alpha value is -2.32. The summed E-state index contributed by atoms with van der Waals surface area (Å²) in [4.78, 5) is 7.95. The number of nitrogens with one attached hydrogen (secondary N) is 1. The monoisotopic (exact) mass is 294 g/mol. The number of rotatable bonds is 2. The summed E-state index contributed by atoms with van der Waals surface area (Å²) in [6.45, 7) is 0. The van der Waals surface area contributed by atoms with Crippen LogP contribution < -0.4 is 5.32 Å². The van der Waals surface area contributed by atoms with Crippen molar-refractivity contribution < 1.29 is 4.39 Å². The number of fused-ring (bicyclic) bond motifs is 2. The van der Waals surface area contributed by atoms with Crippen LogP contribution in [0.4, 0.5) is 4.39 Å². The van der Waals surface area contributed by atoms with Crippen molar-refractivity contribution in [2.75, 3.05) is 0 Å². The maximum absolute atomic E-state index is 14.1. The number of pyridine rings is 2. The van der Waals surface area contributed by atoms with Gasteiger partial charge in [0.2, 0.25) is 5.95 Å². The Morgan fingerprint density at radius 1 is 1.23 bits per heavy atom. The first-order valence-corrected chi connectivity index (χ1v) is 7.52. The van der Waals surface area contributed by atoms with Crippen molar-refractivity contribution in [1.29, 1.82) is 5.26 Å². The summed E-state index contributed by atoms with van der Waals surface area (Å²) >= 11 is 0. The Balaban J connectivity index is 1.70. The summed E-state index contributed by atoms with van der Waals surface area (Å²) in [6, 6.07) is 8.26. The smallest absolute Gasteiger partial charge is 0.220 e. The Kier molecular flexibility index (Phi) is 3.12. The van der Waals surface area contributed by atoms with Gasteiger partial charge in [-0.2, -0.15) is 9.65 Å². The van der Waals surface area contributed by atoms with Crippen LogP contribution >= 0.6 is 0 Å². The second kappa shape index (κ2) is 5.15. The topological polar surface area (TPSA) is 61.6 Å². The van der Waals surface area contributed by atoms with Gasteiger partial charge < -0.3 is 5.32 Å². The molecule has 2 aliphatic rings. The molecular weight excluding hydrogens is 279 g/mol. The summed E-state index contributed by atoms with van der Waals surface area (Å²) in [6.07, 6.45) is 6.70. The van der Waals surface area contributed by atoms with Crippen LogP contribution in [0.15, 0.2) is 30.6 Å². The largest absolute Gasteiger partial charge is 0.311 e. The summed E-state index contributed by atoms with van der Waals surface area (Å²) in [5, 5.41) is 12.4. The quantitative estimate of drug-likeness (QED) is 0.865. The van der Waals surface area contributed by atoms with Gasteiger partial charge in [0.15, 0.2) is 0 Å². The van der Waals surface area contributed by atoms with Gasteiger partial charge in [-0.25, -0.2) is 9.97 Å². The van der Waals surface area contributed by atoms with E-state index < -0.39 is 5.95 Å². The second-order valence-electron chi connectivity index (χ2n) is 6.04. The van der Waals surface area contributed by atoms with E-state index in [-0.39, 0.29) is 0 Å². The molecule has 2 aromatic heterocycles. The van der Waals surface area contributed by atoms with E-state index >= 15 is 0 Å². The zero-order valence-corrected chi connectivity index (χ0v) is 12.0. The van der Waals surface area contributed by atoms with Gasteiger partial charge in [0, 0.05) is 41.5 Å². The lowest BCUT2D eigenvalue weighted by Gasteiger charge is -2.20. The molecule has 2 aromatic rings. The standard InChI is InChI=1S/C17H15FN4/c18-17-15(10-1-2-13(7-19)20-8-10)5-11(9-21-17)14-6-12-3-4-16(14)22-12/h1-2,5,8-9,12,14,16,22H,3-4,6H2/t12-,14+,16+/m1/s1. The highest BCUT2D eigenvalue weighted by atomic mass is 19.1. The minimum Gasteiger partial charge on any atom is -0.311 e. The fourth-order valence-electron chi connectivity index (χ4n) is 3.68. The predicted molar refractivity (Wildman–Crippen MR) is 79.4 cm³/mol. The molecule has 1 N–H and O–H groups in total. The van der Waals surface area contributed by atoms with E-state index in [0.717, 1.165) is 12.0 Å².